The Morgan fingerprint density at radius 1 is 1.07 bits per heavy atom. The number of amides is 2. The Hall–Kier alpha value is -2.24. The van der Waals surface area contributed by atoms with Gasteiger partial charge in [0, 0.05) is 30.8 Å². The molecule has 0 bridgehead atoms. The molecule has 1 unspecified atom stereocenters. The van der Waals surface area contributed by atoms with Gasteiger partial charge in [-0.25, -0.2) is 0 Å². The molecule has 0 saturated carbocycles. The molecule has 0 aliphatic heterocycles. The largest absolute Gasteiger partial charge is 0.373 e. The maximum Gasteiger partial charge on any atom is 0.253 e. The van der Waals surface area contributed by atoms with E-state index < -0.39 is 11.9 Å². The van der Waals surface area contributed by atoms with E-state index in [1.807, 2.05) is 51.2 Å². The van der Waals surface area contributed by atoms with E-state index >= 15 is 0 Å². The number of halogens is 2. The number of benzene rings is 2. The van der Waals surface area contributed by atoms with Crippen molar-refractivity contribution in [2.24, 2.45) is 5.92 Å². The molecule has 0 heterocycles. The van der Waals surface area contributed by atoms with E-state index in [4.69, 9.17) is 23.2 Å². The monoisotopic (exact) mass is 421 g/mol. The minimum Gasteiger partial charge on any atom is -0.373 e. The highest BCUT2D eigenvalue weighted by molar-refractivity contribution is 6.36. The average Bonchev–Trinajstić information content (AvgIpc) is 2.66. The van der Waals surface area contributed by atoms with Crippen molar-refractivity contribution < 1.29 is 9.59 Å². The van der Waals surface area contributed by atoms with Crippen LogP contribution in [0.1, 0.15) is 24.2 Å². The summed E-state index contributed by atoms with van der Waals surface area (Å²) in [6.07, 6.45) is 0. The molecule has 2 N–H and O–H groups in total. The van der Waals surface area contributed by atoms with Crippen LogP contribution in [-0.4, -0.2) is 38.0 Å². The zero-order valence-electron chi connectivity index (χ0n) is 16.2. The van der Waals surface area contributed by atoms with Crippen LogP contribution in [0.2, 0.25) is 10.0 Å². The molecule has 0 saturated heterocycles. The van der Waals surface area contributed by atoms with Crippen LogP contribution in [0.3, 0.4) is 0 Å². The van der Waals surface area contributed by atoms with Gasteiger partial charge in [-0.3, -0.25) is 9.59 Å². The molecule has 2 rings (SSSR count). The summed E-state index contributed by atoms with van der Waals surface area (Å²) in [4.78, 5) is 27.2. The van der Waals surface area contributed by atoms with Gasteiger partial charge in [-0.1, -0.05) is 55.2 Å². The number of carbonyl (C=O) groups excluding carboxylic acids is 2. The Morgan fingerprint density at radius 2 is 1.75 bits per heavy atom. The van der Waals surface area contributed by atoms with E-state index in [9.17, 15) is 9.59 Å². The van der Waals surface area contributed by atoms with Gasteiger partial charge in [0.2, 0.25) is 5.91 Å². The zero-order valence-corrected chi connectivity index (χ0v) is 17.7. The number of nitrogens with one attached hydrogen (secondary N) is 2. The number of para-hydroxylation sites is 1. The molecular weight excluding hydrogens is 397 g/mol. The highest BCUT2D eigenvalue weighted by Crippen LogP contribution is 2.21. The summed E-state index contributed by atoms with van der Waals surface area (Å²) in [7, 11) is 1.96. The summed E-state index contributed by atoms with van der Waals surface area (Å²) in [5.41, 5.74) is 1.36. The Morgan fingerprint density at radius 3 is 2.36 bits per heavy atom. The molecule has 0 fully saturated rings. The first-order valence-corrected chi connectivity index (χ1v) is 9.85. The van der Waals surface area contributed by atoms with E-state index in [0.717, 1.165) is 5.69 Å². The molecule has 2 aromatic carbocycles. The van der Waals surface area contributed by atoms with Crippen LogP contribution < -0.4 is 15.5 Å². The lowest BCUT2D eigenvalue weighted by molar-refractivity contribution is -0.123. The number of likely N-dealkylation sites (N-methyl/N-ethyl adjacent to an activating group) is 1. The quantitative estimate of drug-likeness (QED) is 0.676. The fourth-order valence-corrected chi connectivity index (χ4v) is 3.19. The fourth-order valence-electron chi connectivity index (χ4n) is 2.70. The zero-order chi connectivity index (χ0) is 20.7. The summed E-state index contributed by atoms with van der Waals surface area (Å²) >= 11 is 12.0. The predicted molar refractivity (Wildman–Crippen MR) is 115 cm³/mol. The molecule has 5 nitrogen and oxygen atoms in total. The second kappa shape index (κ2) is 10.3. The predicted octanol–water partition coefficient (Wildman–Crippen LogP) is 4.00. The van der Waals surface area contributed by atoms with Crippen LogP contribution in [0, 0.1) is 5.92 Å². The van der Waals surface area contributed by atoms with Gasteiger partial charge in [-0.15, -0.1) is 0 Å². The van der Waals surface area contributed by atoms with E-state index in [0.29, 0.717) is 18.1 Å². The number of anilines is 1. The van der Waals surface area contributed by atoms with Gasteiger partial charge in [0.15, 0.2) is 0 Å². The van der Waals surface area contributed by atoms with Crippen LogP contribution in [0.4, 0.5) is 5.69 Å². The minimum atomic E-state index is -0.665. The van der Waals surface area contributed by atoms with E-state index in [1.54, 1.807) is 12.1 Å². The summed E-state index contributed by atoms with van der Waals surface area (Å²) in [6, 6.07) is 13.9. The van der Waals surface area contributed by atoms with Crippen LogP contribution >= 0.6 is 23.2 Å². The smallest absolute Gasteiger partial charge is 0.253 e. The number of hydrogen-bond donors (Lipinski definition) is 2. The van der Waals surface area contributed by atoms with Gasteiger partial charge < -0.3 is 15.5 Å². The van der Waals surface area contributed by atoms with Crippen molar-refractivity contribution in [3.63, 3.8) is 0 Å². The highest BCUT2D eigenvalue weighted by atomic mass is 35.5. The number of hydrogen-bond acceptors (Lipinski definition) is 3. The first kappa shape index (κ1) is 22.1. The molecule has 0 radical (unpaired) electrons. The number of rotatable bonds is 8. The number of carbonyl (C=O) groups is 2. The lowest BCUT2D eigenvalue weighted by atomic mass is 10.0. The standard InChI is InChI=1S/C21H25Cl2N3O2/c1-14(2)19(25-20(27)17-10-9-15(22)13-18(17)23)21(28)24-11-12-26(3)16-7-5-4-6-8-16/h4-10,13-14,19H,11-12H2,1-3H3,(H,24,28)(H,25,27). The molecule has 150 valence electrons. The third-order valence-electron chi connectivity index (χ3n) is 4.35. The molecule has 0 aromatic heterocycles. The van der Waals surface area contributed by atoms with Crippen molar-refractivity contribution in [3.8, 4) is 0 Å². The third kappa shape index (κ3) is 6.14. The van der Waals surface area contributed by atoms with Crippen LogP contribution in [0.25, 0.3) is 0 Å². The van der Waals surface area contributed by atoms with Crippen LogP contribution in [-0.2, 0) is 4.79 Å². The fraction of sp³-hybridized carbons (Fsp3) is 0.333. The van der Waals surface area contributed by atoms with E-state index in [-0.39, 0.29) is 22.4 Å². The SMILES string of the molecule is CC(C)C(NC(=O)c1ccc(Cl)cc1Cl)C(=O)NCCN(C)c1ccccc1. The Labute approximate surface area is 176 Å². The van der Waals surface area contributed by atoms with Gasteiger partial charge in [-0.05, 0) is 36.2 Å². The molecule has 28 heavy (non-hydrogen) atoms. The maximum atomic E-state index is 12.6. The van der Waals surface area contributed by atoms with Gasteiger partial charge in [-0.2, -0.15) is 0 Å². The van der Waals surface area contributed by atoms with Crippen molar-refractivity contribution in [2.45, 2.75) is 19.9 Å². The lowest BCUT2D eigenvalue weighted by Crippen LogP contribution is -2.50. The highest BCUT2D eigenvalue weighted by Gasteiger charge is 2.25. The molecule has 7 heteroatoms. The van der Waals surface area contributed by atoms with Crippen molar-refractivity contribution in [2.75, 3.05) is 25.0 Å². The first-order chi connectivity index (χ1) is 13.3. The van der Waals surface area contributed by atoms with Crippen molar-refractivity contribution in [1.29, 1.82) is 0 Å². The van der Waals surface area contributed by atoms with Crippen molar-refractivity contribution >= 4 is 40.7 Å². The molecule has 0 spiro atoms. The first-order valence-electron chi connectivity index (χ1n) is 9.09. The van der Waals surface area contributed by atoms with Gasteiger partial charge in [0.1, 0.15) is 6.04 Å². The number of nitrogens with zero attached hydrogens (tertiary/aromatic N) is 1. The molecule has 1 atom stereocenters. The summed E-state index contributed by atoms with van der Waals surface area (Å²) < 4.78 is 0. The third-order valence-corrected chi connectivity index (χ3v) is 4.90. The maximum absolute atomic E-state index is 12.6. The van der Waals surface area contributed by atoms with Crippen LogP contribution in [0.5, 0.6) is 0 Å². The van der Waals surface area contributed by atoms with Gasteiger partial charge >= 0.3 is 0 Å². The van der Waals surface area contributed by atoms with Gasteiger partial charge in [0.25, 0.3) is 5.91 Å². The minimum absolute atomic E-state index is 0.0816. The topological polar surface area (TPSA) is 61.4 Å². The molecule has 2 amide bonds. The Kier molecular flexibility index (Phi) is 8.15. The van der Waals surface area contributed by atoms with Crippen molar-refractivity contribution in [3.05, 3.63) is 64.1 Å². The summed E-state index contributed by atoms with van der Waals surface area (Å²) in [5.74, 6) is -0.714. The van der Waals surface area contributed by atoms with Gasteiger partial charge in [0.05, 0.1) is 10.6 Å². The molecule has 2 aromatic rings. The molecular formula is C21H25Cl2N3O2. The lowest BCUT2D eigenvalue weighted by Gasteiger charge is -2.24. The Balaban J connectivity index is 1.93. The summed E-state index contributed by atoms with van der Waals surface area (Å²) in [6.45, 7) is 4.87. The van der Waals surface area contributed by atoms with Crippen LogP contribution in [0.15, 0.2) is 48.5 Å². The summed E-state index contributed by atoms with van der Waals surface area (Å²) in [5, 5.41) is 6.36. The Bertz CT molecular complexity index is 813. The molecule has 0 aliphatic rings. The van der Waals surface area contributed by atoms with E-state index in [2.05, 4.69) is 15.5 Å². The molecule has 0 aliphatic carbocycles. The normalized spacial score (nSPS) is 11.8. The van der Waals surface area contributed by atoms with Crippen molar-refractivity contribution in [1.82, 2.24) is 10.6 Å². The average molecular weight is 422 g/mol. The second-order valence-electron chi connectivity index (χ2n) is 6.87. The van der Waals surface area contributed by atoms with E-state index in [1.165, 1.54) is 6.07 Å². The second-order valence-corrected chi connectivity index (χ2v) is 7.71.